The number of nitrogens with zero attached hydrogens (tertiary/aromatic N) is 1. The minimum Gasteiger partial charge on any atom is -0.493 e. The van der Waals surface area contributed by atoms with Crippen molar-refractivity contribution in [3.05, 3.63) is 22.7 Å². The second-order valence-corrected chi connectivity index (χ2v) is 7.01. The fourth-order valence-corrected chi connectivity index (χ4v) is 4.11. The number of piperidine rings is 1. The van der Waals surface area contributed by atoms with Crippen LogP contribution in [0.1, 0.15) is 43.0 Å². The molecule has 2 aliphatic heterocycles. The Morgan fingerprint density at radius 2 is 2.00 bits per heavy atom. The number of rotatable bonds is 5. The number of nitrogens with one attached hydrogen (secondary N) is 1. The number of fused-ring (bicyclic) bond motifs is 2. The predicted octanol–water partition coefficient (Wildman–Crippen LogP) is 3.10. The van der Waals surface area contributed by atoms with E-state index in [0.29, 0.717) is 40.8 Å². The highest BCUT2D eigenvalue weighted by Crippen LogP contribution is 2.37. The number of carbonyl (C=O) groups is 1. The average molecular weight is 353 g/mol. The number of benzene rings is 1. The van der Waals surface area contributed by atoms with Crippen LogP contribution in [0.3, 0.4) is 0 Å². The van der Waals surface area contributed by atoms with Crippen molar-refractivity contribution in [2.24, 2.45) is 0 Å². The smallest absolute Gasteiger partial charge is 0.254 e. The van der Waals surface area contributed by atoms with E-state index >= 15 is 0 Å². The molecule has 2 heterocycles. The highest BCUT2D eigenvalue weighted by Gasteiger charge is 2.36. The molecule has 0 saturated carbocycles. The lowest BCUT2D eigenvalue weighted by molar-refractivity contribution is 0.0681. The van der Waals surface area contributed by atoms with Crippen molar-refractivity contribution in [2.45, 2.75) is 50.7 Å². The Hall–Kier alpha value is -1.46. The predicted molar refractivity (Wildman–Crippen MR) is 94.2 cm³/mol. The van der Waals surface area contributed by atoms with Gasteiger partial charge in [0.1, 0.15) is 0 Å². The Bertz CT molecular complexity index is 611. The molecule has 1 aromatic carbocycles. The third kappa shape index (κ3) is 3.33. The SMILES string of the molecule is CCOc1c(Cl)cc(C(=O)N(C)C2CC3CCC(C2)N3)cc1OC. The lowest BCUT2D eigenvalue weighted by atomic mass is 9.98. The highest BCUT2D eigenvalue weighted by atomic mass is 35.5. The molecule has 0 spiro atoms. The van der Waals surface area contributed by atoms with Crippen molar-refractivity contribution >= 4 is 17.5 Å². The number of methoxy groups -OCH3 is 1. The minimum absolute atomic E-state index is 0.0236. The van der Waals surface area contributed by atoms with Gasteiger partial charge in [0.2, 0.25) is 0 Å². The topological polar surface area (TPSA) is 50.8 Å². The van der Waals surface area contributed by atoms with Crippen LogP contribution in [0.2, 0.25) is 5.02 Å². The maximum absolute atomic E-state index is 12.9. The molecule has 2 saturated heterocycles. The van der Waals surface area contributed by atoms with Crippen LogP contribution in [0.25, 0.3) is 0 Å². The Kier molecular flexibility index (Phi) is 5.21. The Morgan fingerprint density at radius 1 is 1.33 bits per heavy atom. The first kappa shape index (κ1) is 17.4. The van der Waals surface area contributed by atoms with E-state index in [2.05, 4.69) is 5.32 Å². The second-order valence-electron chi connectivity index (χ2n) is 6.60. The summed E-state index contributed by atoms with van der Waals surface area (Å²) in [6.45, 7) is 2.37. The van der Waals surface area contributed by atoms with Crippen molar-refractivity contribution < 1.29 is 14.3 Å². The molecule has 2 fully saturated rings. The molecule has 2 unspecified atom stereocenters. The van der Waals surface area contributed by atoms with Crippen LogP contribution in [0.4, 0.5) is 0 Å². The van der Waals surface area contributed by atoms with E-state index in [1.54, 1.807) is 19.2 Å². The molecule has 132 valence electrons. The van der Waals surface area contributed by atoms with Gasteiger partial charge >= 0.3 is 0 Å². The van der Waals surface area contributed by atoms with E-state index in [1.807, 2.05) is 18.9 Å². The van der Waals surface area contributed by atoms with E-state index in [1.165, 1.54) is 12.8 Å². The molecule has 24 heavy (non-hydrogen) atoms. The number of hydrogen-bond donors (Lipinski definition) is 1. The minimum atomic E-state index is -0.0236. The molecule has 2 atom stereocenters. The Balaban J connectivity index is 1.80. The molecule has 2 aliphatic rings. The monoisotopic (exact) mass is 352 g/mol. The van der Waals surface area contributed by atoms with Gasteiger partial charge in [0.25, 0.3) is 5.91 Å². The largest absolute Gasteiger partial charge is 0.493 e. The van der Waals surface area contributed by atoms with Gasteiger partial charge in [-0.3, -0.25) is 4.79 Å². The van der Waals surface area contributed by atoms with Gasteiger partial charge in [0.15, 0.2) is 11.5 Å². The van der Waals surface area contributed by atoms with Crippen molar-refractivity contribution in [2.75, 3.05) is 20.8 Å². The van der Waals surface area contributed by atoms with Gasteiger partial charge in [-0.25, -0.2) is 0 Å². The molecular formula is C18H25ClN2O3. The van der Waals surface area contributed by atoms with Crippen LogP contribution in [-0.4, -0.2) is 49.7 Å². The van der Waals surface area contributed by atoms with E-state index in [-0.39, 0.29) is 11.9 Å². The summed E-state index contributed by atoms with van der Waals surface area (Å²) < 4.78 is 10.9. The molecule has 0 aromatic heterocycles. The summed E-state index contributed by atoms with van der Waals surface area (Å²) in [6.07, 6.45) is 4.46. The first-order valence-electron chi connectivity index (χ1n) is 8.57. The Morgan fingerprint density at radius 3 is 2.58 bits per heavy atom. The third-order valence-corrected chi connectivity index (χ3v) is 5.36. The molecule has 2 bridgehead atoms. The van der Waals surface area contributed by atoms with Gasteiger partial charge in [0, 0.05) is 30.7 Å². The second kappa shape index (κ2) is 7.19. The summed E-state index contributed by atoms with van der Waals surface area (Å²) in [4.78, 5) is 14.8. The van der Waals surface area contributed by atoms with Crippen molar-refractivity contribution in [3.8, 4) is 11.5 Å². The van der Waals surface area contributed by atoms with Gasteiger partial charge in [-0.05, 0) is 44.7 Å². The molecule has 0 aliphatic carbocycles. The number of hydrogen-bond acceptors (Lipinski definition) is 4. The molecular weight excluding hydrogens is 328 g/mol. The zero-order valence-electron chi connectivity index (χ0n) is 14.5. The molecule has 3 rings (SSSR count). The summed E-state index contributed by atoms with van der Waals surface area (Å²) in [5.74, 6) is 0.955. The molecule has 1 amide bonds. The van der Waals surface area contributed by atoms with Crippen molar-refractivity contribution in [1.82, 2.24) is 10.2 Å². The average Bonchev–Trinajstić information content (AvgIpc) is 2.93. The van der Waals surface area contributed by atoms with Gasteiger partial charge in [0.05, 0.1) is 18.7 Å². The number of amides is 1. The van der Waals surface area contributed by atoms with Crippen LogP contribution >= 0.6 is 11.6 Å². The maximum Gasteiger partial charge on any atom is 0.254 e. The van der Waals surface area contributed by atoms with Gasteiger partial charge in [-0.1, -0.05) is 11.6 Å². The van der Waals surface area contributed by atoms with Crippen molar-refractivity contribution in [3.63, 3.8) is 0 Å². The molecule has 0 radical (unpaired) electrons. The fraction of sp³-hybridized carbons (Fsp3) is 0.611. The Labute approximate surface area is 148 Å². The summed E-state index contributed by atoms with van der Waals surface area (Å²) in [7, 11) is 3.44. The summed E-state index contributed by atoms with van der Waals surface area (Å²) in [5, 5.41) is 4.01. The zero-order valence-corrected chi connectivity index (χ0v) is 15.2. The molecule has 6 heteroatoms. The maximum atomic E-state index is 12.9. The van der Waals surface area contributed by atoms with E-state index < -0.39 is 0 Å². The van der Waals surface area contributed by atoms with E-state index in [0.717, 1.165) is 12.8 Å². The van der Waals surface area contributed by atoms with Crippen LogP contribution in [0.15, 0.2) is 12.1 Å². The zero-order chi connectivity index (χ0) is 17.3. The molecule has 1 aromatic rings. The van der Waals surface area contributed by atoms with E-state index in [4.69, 9.17) is 21.1 Å². The lowest BCUT2D eigenvalue weighted by Gasteiger charge is -2.35. The first-order valence-corrected chi connectivity index (χ1v) is 8.94. The summed E-state index contributed by atoms with van der Waals surface area (Å²) in [6, 6.07) is 4.74. The molecule has 5 nitrogen and oxygen atoms in total. The standard InChI is InChI=1S/C18H25ClN2O3/c1-4-24-17-15(19)7-11(8-16(17)23-3)18(22)21(2)14-9-12-5-6-13(10-14)20-12/h7-8,12-14,20H,4-6,9-10H2,1-3H3. The summed E-state index contributed by atoms with van der Waals surface area (Å²) in [5.41, 5.74) is 0.536. The fourth-order valence-electron chi connectivity index (χ4n) is 3.84. The number of carbonyl (C=O) groups excluding carboxylic acids is 1. The van der Waals surface area contributed by atoms with Crippen LogP contribution in [0.5, 0.6) is 11.5 Å². The van der Waals surface area contributed by atoms with Crippen LogP contribution in [0, 0.1) is 0 Å². The van der Waals surface area contributed by atoms with Crippen LogP contribution in [-0.2, 0) is 0 Å². The number of ether oxygens (including phenoxy) is 2. The van der Waals surface area contributed by atoms with E-state index in [9.17, 15) is 4.79 Å². The normalized spacial score (nSPS) is 25.4. The summed E-state index contributed by atoms with van der Waals surface area (Å²) >= 11 is 6.30. The van der Waals surface area contributed by atoms with Crippen molar-refractivity contribution in [1.29, 1.82) is 0 Å². The molecule has 1 N–H and O–H groups in total. The highest BCUT2D eigenvalue weighted by molar-refractivity contribution is 6.32. The van der Waals surface area contributed by atoms with Gasteiger partial charge in [-0.2, -0.15) is 0 Å². The van der Waals surface area contributed by atoms with Gasteiger partial charge < -0.3 is 19.7 Å². The number of halogens is 1. The van der Waals surface area contributed by atoms with Gasteiger partial charge in [-0.15, -0.1) is 0 Å². The van der Waals surface area contributed by atoms with Crippen LogP contribution < -0.4 is 14.8 Å². The third-order valence-electron chi connectivity index (χ3n) is 5.08. The lowest BCUT2D eigenvalue weighted by Crippen LogP contribution is -2.48. The quantitative estimate of drug-likeness (QED) is 0.884. The first-order chi connectivity index (χ1) is 11.5.